The second-order valence-corrected chi connectivity index (χ2v) is 8.86. The standard InChI is InChI=1S/C15H22N2O3S2/c1-17(2)22(19,20)13-7-5-6-12(10-13)11-21-14-8-3-4-9-16-15(14)18/h5-7,10,14H,3-4,8-9,11H2,1-2H3,(H,16,18)/t14-/m1/s1. The first kappa shape index (κ1) is 17.3. The molecule has 122 valence electrons. The van der Waals surface area contributed by atoms with Crippen LogP contribution in [0, 0.1) is 0 Å². The first-order valence-corrected chi connectivity index (χ1v) is 9.81. The van der Waals surface area contributed by atoms with Crippen LogP contribution in [-0.2, 0) is 20.6 Å². The summed E-state index contributed by atoms with van der Waals surface area (Å²) in [5.74, 6) is 0.731. The summed E-state index contributed by atoms with van der Waals surface area (Å²) in [6.07, 6.45) is 2.96. The van der Waals surface area contributed by atoms with Gasteiger partial charge in [-0.1, -0.05) is 18.6 Å². The molecular formula is C15H22N2O3S2. The second-order valence-electron chi connectivity index (χ2n) is 5.52. The maximum absolute atomic E-state index is 12.1. The average molecular weight is 342 g/mol. The van der Waals surface area contributed by atoms with E-state index in [0.29, 0.717) is 10.6 Å². The van der Waals surface area contributed by atoms with Crippen molar-refractivity contribution >= 4 is 27.7 Å². The van der Waals surface area contributed by atoms with Crippen molar-refractivity contribution in [2.45, 2.75) is 35.2 Å². The molecule has 22 heavy (non-hydrogen) atoms. The number of benzene rings is 1. The summed E-state index contributed by atoms with van der Waals surface area (Å²) in [5.41, 5.74) is 0.921. The highest BCUT2D eigenvalue weighted by Crippen LogP contribution is 2.25. The predicted molar refractivity (Wildman–Crippen MR) is 89.3 cm³/mol. The predicted octanol–water partition coefficient (Wildman–Crippen LogP) is 1.84. The van der Waals surface area contributed by atoms with Crippen LogP contribution >= 0.6 is 11.8 Å². The highest BCUT2D eigenvalue weighted by atomic mass is 32.2. The zero-order valence-electron chi connectivity index (χ0n) is 12.9. The van der Waals surface area contributed by atoms with E-state index in [1.54, 1.807) is 30.0 Å². The third kappa shape index (κ3) is 4.24. The van der Waals surface area contributed by atoms with Gasteiger partial charge < -0.3 is 5.32 Å². The topological polar surface area (TPSA) is 66.5 Å². The van der Waals surface area contributed by atoms with Crippen LogP contribution in [0.4, 0.5) is 0 Å². The Morgan fingerprint density at radius 3 is 2.82 bits per heavy atom. The highest BCUT2D eigenvalue weighted by molar-refractivity contribution is 7.99. The van der Waals surface area contributed by atoms with E-state index in [1.165, 1.54) is 18.4 Å². The Balaban J connectivity index is 2.06. The van der Waals surface area contributed by atoms with Crippen LogP contribution < -0.4 is 5.32 Å². The minimum atomic E-state index is -3.41. The van der Waals surface area contributed by atoms with E-state index >= 15 is 0 Å². The third-order valence-corrected chi connectivity index (χ3v) is 6.78. The summed E-state index contributed by atoms with van der Waals surface area (Å²) >= 11 is 1.58. The minimum absolute atomic E-state index is 0.0448. The molecule has 1 aliphatic heterocycles. The second kappa shape index (κ2) is 7.48. The van der Waals surface area contributed by atoms with Crippen molar-refractivity contribution in [1.29, 1.82) is 0 Å². The molecule has 0 saturated carbocycles. The zero-order chi connectivity index (χ0) is 16.2. The van der Waals surface area contributed by atoms with Gasteiger partial charge in [-0.2, -0.15) is 0 Å². The number of sulfonamides is 1. The van der Waals surface area contributed by atoms with Gasteiger partial charge in [0.1, 0.15) is 0 Å². The SMILES string of the molecule is CN(C)S(=O)(=O)c1cccc(CS[C@@H]2CCCCNC2=O)c1. The van der Waals surface area contributed by atoms with Crippen LogP contribution in [0.3, 0.4) is 0 Å². The van der Waals surface area contributed by atoms with Crippen molar-refractivity contribution in [1.82, 2.24) is 9.62 Å². The molecule has 0 aliphatic carbocycles. The molecule has 0 bridgehead atoms. The van der Waals surface area contributed by atoms with Gasteiger partial charge in [-0.05, 0) is 30.5 Å². The largest absolute Gasteiger partial charge is 0.355 e. The van der Waals surface area contributed by atoms with Gasteiger partial charge in [-0.25, -0.2) is 12.7 Å². The summed E-state index contributed by atoms with van der Waals surface area (Å²) in [6.45, 7) is 0.756. The molecule has 1 fully saturated rings. The molecule has 0 spiro atoms. The number of carbonyl (C=O) groups is 1. The molecular weight excluding hydrogens is 320 g/mol. The molecule has 1 aromatic rings. The van der Waals surface area contributed by atoms with Gasteiger partial charge in [0.15, 0.2) is 0 Å². The quantitative estimate of drug-likeness (QED) is 0.887. The lowest BCUT2D eigenvalue weighted by Crippen LogP contribution is -2.30. The Hall–Kier alpha value is -1.05. The zero-order valence-corrected chi connectivity index (χ0v) is 14.5. The minimum Gasteiger partial charge on any atom is -0.355 e. The van der Waals surface area contributed by atoms with E-state index in [2.05, 4.69) is 5.32 Å². The van der Waals surface area contributed by atoms with Crippen LogP contribution in [0.1, 0.15) is 24.8 Å². The Labute approximate surface area is 136 Å². The van der Waals surface area contributed by atoms with Crippen LogP contribution in [0.15, 0.2) is 29.2 Å². The molecule has 5 nitrogen and oxygen atoms in total. The Kier molecular flexibility index (Phi) is 5.88. The number of nitrogens with zero attached hydrogens (tertiary/aromatic N) is 1. The van der Waals surface area contributed by atoms with Gasteiger partial charge >= 0.3 is 0 Å². The number of hydrogen-bond acceptors (Lipinski definition) is 4. The lowest BCUT2D eigenvalue weighted by molar-refractivity contribution is -0.120. The number of carbonyl (C=O) groups excluding carboxylic acids is 1. The molecule has 7 heteroatoms. The molecule has 2 rings (SSSR count). The van der Waals surface area contributed by atoms with Crippen LogP contribution in [0.25, 0.3) is 0 Å². The molecule has 1 N–H and O–H groups in total. The Morgan fingerprint density at radius 2 is 2.09 bits per heavy atom. The molecule has 1 saturated heterocycles. The molecule has 1 aromatic carbocycles. The molecule has 0 radical (unpaired) electrons. The fraction of sp³-hybridized carbons (Fsp3) is 0.533. The van der Waals surface area contributed by atoms with Crippen molar-refractivity contribution in [2.24, 2.45) is 0 Å². The average Bonchev–Trinajstić information content (AvgIpc) is 2.70. The van der Waals surface area contributed by atoms with Crippen molar-refractivity contribution in [3.8, 4) is 0 Å². The summed E-state index contributed by atoms with van der Waals surface area (Å²) in [7, 11) is -0.373. The number of nitrogens with one attached hydrogen (secondary N) is 1. The number of hydrogen-bond donors (Lipinski definition) is 1. The molecule has 1 aliphatic rings. The maximum Gasteiger partial charge on any atom is 0.242 e. The van der Waals surface area contributed by atoms with E-state index in [4.69, 9.17) is 0 Å². The van der Waals surface area contributed by atoms with Crippen molar-refractivity contribution in [2.75, 3.05) is 20.6 Å². The first-order valence-electron chi connectivity index (χ1n) is 7.32. The van der Waals surface area contributed by atoms with Gasteiger partial charge in [-0.15, -0.1) is 11.8 Å². The van der Waals surface area contributed by atoms with Crippen molar-refractivity contribution in [3.63, 3.8) is 0 Å². The summed E-state index contributed by atoms with van der Waals surface area (Å²) in [6, 6.07) is 6.94. The third-order valence-electron chi connectivity index (χ3n) is 3.61. The Morgan fingerprint density at radius 1 is 1.32 bits per heavy atom. The monoisotopic (exact) mass is 342 g/mol. The van der Waals surface area contributed by atoms with Crippen molar-refractivity contribution < 1.29 is 13.2 Å². The van der Waals surface area contributed by atoms with Crippen LogP contribution in [-0.4, -0.2) is 44.5 Å². The molecule has 0 aromatic heterocycles. The smallest absolute Gasteiger partial charge is 0.242 e. The summed E-state index contributed by atoms with van der Waals surface area (Å²) < 4.78 is 25.5. The van der Waals surface area contributed by atoms with Crippen molar-refractivity contribution in [3.05, 3.63) is 29.8 Å². The van der Waals surface area contributed by atoms with Gasteiger partial charge in [0.2, 0.25) is 15.9 Å². The fourth-order valence-electron chi connectivity index (χ4n) is 2.27. The van der Waals surface area contributed by atoms with E-state index in [-0.39, 0.29) is 11.2 Å². The van der Waals surface area contributed by atoms with E-state index < -0.39 is 10.0 Å². The lowest BCUT2D eigenvalue weighted by Gasteiger charge is -2.14. The number of amides is 1. The number of rotatable bonds is 5. The summed E-state index contributed by atoms with van der Waals surface area (Å²) in [5, 5.41) is 2.87. The maximum atomic E-state index is 12.1. The molecule has 1 atom stereocenters. The molecule has 1 heterocycles. The van der Waals surface area contributed by atoms with E-state index in [1.807, 2.05) is 6.07 Å². The van der Waals surface area contributed by atoms with E-state index in [0.717, 1.165) is 31.4 Å². The fourth-order valence-corrected chi connectivity index (χ4v) is 4.39. The van der Waals surface area contributed by atoms with Gasteiger partial charge in [0, 0.05) is 26.4 Å². The van der Waals surface area contributed by atoms with Gasteiger partial charge in [0.25, 0.3) is 0 Å². The molecule has 0 unspecified atom stereocenters. The number of thioether (sulfide) groups is 1. The lowest BCUT2D eigenvalue weighted by atomic mass is 10.2. The first-order chi connectivity index (χ1) is 10.4. The van der Waals surface area contributed by atoms with Gasteiger partial charge in [-0.3, -0.25) is 4.79 Å². The Bertz CT molecular complexity index is 629. The van der Waals surface area contributed by atoms with E-state index in [9.17, 15) is 13.2 Å². The highest BCUT2D eigenvalue weighted by Gasteiger charge is 2.21. The van der Waals surface area contributed by atoms with Gasteiger partial charge in [0.05, 0.1) is 10.1 Å². The molecule has 1 amide bonds. The van der Waals surface area contributed by atoms with Crippen LogP contribution in [0.2, 0.25) is 0 Å². The van der Waals surface area contributed by atoms with Crippen LogP contribution in [0.5, 0.6) is 0 Å². The summed E-state index contributed by atoms with van der Waals surface area (Å²) in [4.78, 5) is 12.2. The normalized spacial score (nSPS) is 19.8.